The highest BCUT2D eigenvalue weighted by Crippen LogP contribution is 2.19. The molecule has 1 unspecified atom stereocenters. The van der Waals surface area contributed by atoms with E-state index < -0.39 is 16.0 Å². The lowest BCUT2D eigenvalue weighted by atomic mass is 9.99. The van der Waals surface area contributed by atoms with Gasteiger partial charge in [0, 0.05) is 26.2 Å². The average molecular weight is 290 g/mol. The van der Waals surface area contributed by atoms with Crippen molar-refractivity contribution >= 4 is 16.0 Å². The fraction of sp³-hybridized carbons (Fsp3) is 0.750. The molecule has 0 radical (unpaired) electrons. The Bertz CT molecular complexity index is 421. The van der Waals surface area contributed by atoms with Crippen molar-refractivity contribution < 1.29 is 18.3 Å². The van der Waals surface area contributed by atoms with Crippen molar-refractivity contribution in [2.24, 2.45) is 5.92 Å². The number of nitrogens with zero attached hydrogens (tertiary/aromatic N) is 2. The largest absolute Gasteiger partial charge is 0.480 e. The molecule has 1 rings (SSSR count). The maximum atomic E-state index is 11.5. The van der Waals surface area contributed by atoms with Crippen LogP contribution in [0.5, 0.6) is 0 Å². The predicted octanol–water partition coefficient (Wildman–Crippen LogP) is 0.231. The van der Waals surface area contributed by atoms with Crippen LogP contribution >= 0.6 is 0 Å². The number of carboxylic acid groups (broad SMARTS) is 1. The lowest BCUT2D eigenvalue weighted by molar-refractivity contribution is -0.138. The smallest absolute Gasteiger partial charge is 0.317 e. The summed E-state index contributed by atoms with van der Waals surface area (Å²) in [6.45, 7) is 5.71. The lowest BCUT2D eigenvalue weighted by Crippen LogP contribution is -2.44. The third-order valence-electron chi connectivity index (χ3n) is 3.21. The summed E-state index contributed by atoms with van der Waals surface area (Å²) in [5.41, 5.74) is 0. The molecule has 0 aromatic carbocycles. The van der Waals surface area contributed by atoms with E-state index in [1.54, 1.807) is 11.0 Å². The van der Waals surface area contributed by atoms with Crippen LogP contribution < -0.4 is 0 Å². The topological polar surface area (TPSA) is 77.9 Å². The molecule has 1 saturated heterocycles. The summed E-state index contributed by atoms with van der Waals surface area (Å²) in [6.07, 6.45) is 4.64. The standard InChI is InChI=1S/C12H22N2O4S/c1-3-6-13(10-12(15)16)8-11-5-4-7-14(9-11)19(2,17)18/h3,11H,1,4-10H2,2H3,(H,15,16). The van der Waals surface area contributed by atoms with Crippen molar-refractivity contribution in [3.63, 3.8) is 0 Å². The zero-order chi connectivity index (χ0) is 14.5. The Hall–Kier alpha value is -0.920. The number of rotatable bonds is 7. The van der Waals surface area contributed by atoms with Gasteiger partial charge in [0.1, 0.15) is 0 Å². The van der Waals surface area contributed by atoms with Crippen molar-refractivity contribution in [1.29, 1.82) is 0 Å². The molecule has 1 aliphatic heterocycles. The Balaban J connectivity index is 2.58. The van der Waals surface area contributed by atoms with Crippen LogP contribution in [0.2, 0.25) is 0 Å². The highest BCUT2D eigenvalue weighted by Gasteiger charge is 2.27. The maximum Gasteiger partial charge on any atom is 0.317 e. The summed E-state index contributed by atoms with van der Waals surface area (Å²) in [5.74, 6) is -0.694. The highest BCUT2D eigenvalue weighted by atomic mass is 32.2. The second-order valence-electron chi connectivity index (χ2n) is 5.01. The Morgan fingerprint density at radius 3 is 2.79 bits per heavy atom. The molecule has 0 saturated carbocycles. The highest BCUT2D eigenvalue weighted by molar-refractivity contribution is 7.88. The minimum Gasteiger partial charge on any atom is -0.480 e. The Labute approximate surface area is 114 Å². The monoisotopic (exact) mass is 290 g/mol. The summed E-state index contributed by atoms with van der Waals surface area (Å²) in [6, 6.07) is 0. The second-order valence-corrected chi connectivity index (χ2v) is 6.99. The summed E-state index contributed by atoms with van der Waals surface area (Å²) >= 11 is 0. The number of aliphatic carboxylic acids is 1. The second kappa shape index (κ2) is 7.02. The Morgan fingerprint density at radius 1 is 1.58 bits per heavy atom. The molecule has 0 amide bonds. The van der Waals surface area contributed by atoms with Gasteiger partial charge >= 0.3 is 5.97 Å². The number of carboxylic acids is 1. The molecule has 0 aromatic rings. The predicted molar refractivity (Wildman–Crippen MR) is 73.4 cm³/mol. The molecule has 110 valence electrons. The van der Waals surface area contributed by atoms with Gasteiger partial charge in [-0.15, -0.1) is 6.58 Å². The SMILES string of the molecule is C=CCN(CC(=O)O)CC1CCCN(S(C)(=O)=O)C1. The third-order valence-corrected chi connectivity index (χ3v) is 4.48. The number of carbonyl (C=O) groups is 1. The first-order chi connectivity index (χ1) is 8.82. The van der Waals surface area contributed by atoms with E-state index in [0.717, 1.165) is 12.8 Å². The van der Waals surface area contributed by atoms with E-state index in [1.807, 2.05) is 0 Å². The van der Waals surface area contributed by atoms with Crippen LogP contribution in [0.1, 0.15) is 12.8 Å². The van der Waals surface area contributed by atoms with Crippen LogP contribution in [0.25, 0.3) is 0 Å². The van der Waals surface area contributed by atoms with Gasteiger partial charge in [0.15, 0.2) is 0 Å². The average Bonchev–Trinajstić information content (AvgIpc) is 2.27. The number of sulfonamides is 1. The summed E-state index contributed by atoms with van der Waals surface area (Å²) < 4.78 is 24.5. The van der Waals surface area contributed by atoms with E-state index >= 15 is 0 Å². The first-order valence-electron chi connectivity index (χ1n) is 6.33. The molecule has 0 bridgehead atoms. The van der Waals surface area contributed by atoms with Gasteiger partial charge in [0.25, 0.3) is 0 Å². The van der Waals surface area contributed by atoms with Gasteiger partial charge in [0.05, 0.1) is 12.8 Å². The van der Waals surface area contributed by atoms with Gasteiger partial charge in [-0.1, -0.05) is 6.08 Å². The van der Waals surface area contributed by atoms with Crippen LogP contribution in [0.4, 0.5) is 0 Å². The van der Waals surface area contributed by atoms with Crippen LogP contribution in [-0.2, 0) is 14.8 Å². The van der Waals surface area contributed by atoms with Crippen molar-refractivity contribution in [1.82, 2.24) is 9.21 Å². The maximum absolute atomic E-state index is 11.5. The van der Waals surface area contributed by atoms with Crippen LogP contribution in [0.3, 0.4) is 0 Å². The third kappa shape index (κ3) is 5.71. The van der Waals surface area contributed by atoms with Gasteiger partial charge in [-0.25, -0.2) is 12.7 Å². The van der Waals surface area contributed by atoms with Gasteiger partial charge in [-0.2, -0.15) is 0 Å². The van der Waals surface area contributed by atoms with Crippen molar-refractivity contribution in [3.05, 3.63) is 12.7 Å². The molecule has 1 heterocycles. The van der Waals surface area contributed by atoms with Crippen molar-refractivity contribution in [2.75, 3.05) is 39.0 Å². The molecule has 1 fully saturated rings. The molecule has 0 aliphatic carbocycles. The van der Waals surface area contributed by atoms with E-state index in [-0.39, 0.29) is 12.5 Å². The van der Waals surface area contributed by atoms with E-state index in [2.05, 4.69) is 6.58 Å². The van der Waals surface area contributed by atoms with Crippen molar-refractivity contribution in [2.45, 2.75) is 12.8 Å². The molecule has 1 aliphatic rings. The fourth-order valence-electron chi connectivity index (χ4n) is 2.42. The molecule has 1 atom stereocenters. The van der Waals surface area contributed by atoms with E-state index in [1.165, 1.54) is 10.6 Å². The minimum atomic E-state index is -3.15. The van der Waals surface area contributed by atoms with Crippen molar-refractivity contribution in [3.8, 4) is 0 Å². The quantitative estimate of drug-likeness (QED) is 0.679. The number of piperidine rings is 1. The van der Waals surface area contributed by atoms with Crippen LogP contribution in [0, 0.1) is 5.92 Å². The van der Waals surface area contributed by atoms with E-state index in [4.69, 9.17) is 5.11 Å². The van der Waals surface area contributed by atoms with Crippen LogP contribution in [0.15, 0.2) is 12.7 Å². The Morgan fingerprint density at radius 2 is 2.26 bits per heavy atom. The number of hydrogen-bond acceptors (Lipinski definition) is 4. The fourth-order valence-corrected chi connectivity index (χ4v) is 3.36. The van der Waals surface area contributed by atoms with Gasteiger partial charge < -0.3 is 5.11 Å². The van der Waals surface area contributed by atoms with Gasteiger partial charge in [-0.3, -0.25) is 9.69 Å². The summed E-state index contributed by atoms with van der Waals surface area (Å²) in [4.78, 5) is 12.6. The molecule has 7 heteroatoms. The zero-order valence-corrected chi connectivity index (χ0v) is 12.1. The molecule has 0 spiro atoms. The Kier molecular flexibility index (Phi) is 5.96. The molecule has 1 N–H and O–H groups in total. The molecule has 0 aromatic heterocycles. The number of hydrogen-bond donors (Lipinski definition) is 1. The molecule has 6 nitrogen and oxygen atoms in total. The van der Waals surface area contributed by atoms with Gasteiger partial charge in [-0.05, 0) is 18.8 Å². The normalized spacial score (nSPS) is 21.5. The van der Waals surface area contributed by atoms with Crippen LogP contribution in [-0.4, -0.2) is 67.7 Å². The lowest BCUT2D eigenvalue weighted by Gasteiger charge is -2.33. The van der Waals surface area contributed by atoms with Gasteiger partial charge in [0.2, 0.25) is 10.0 Å². The first kappa shape index (κ1) is 16.1. The minimum absolute atomic E-state index is 0.0403. The molecular formula is C12H22N2O4S. The summed E-state index contributed by atoms with van der Waals surface area (Å²) in [7, 11) is -3.15. The van der Waals surface area contributed by atoms with E-state index in [0.29, 0.717) is 26.2 Å². The summed E-state index contributed by atoms with van der Waals surface area (Å²) in [5, 5.41) is 8.84. The first-order valence-corrected chi connectivity index (χ1v) is 8.18. The van der Waals surface area contributed by atoms with E-state index in [9.17, 15) is 13.2 Å². The molecule has 19 heavy (non-hydrogen) atoms. The zero-order valence-electron chi connectivity index (χ0n) is 11.3. The molecular weight excluding hydrogens is 268 g/mol.